The molecular formula is C22H30N5O2+. The van der Waals surface area contributed by atoms with Crippen LogP contribution >= 0.6 is 0 Å². The van der Waals surface area contributed by atoms with E-state index in [4.69, 9.17) is 4.99 Å². The van der Waals surface area contributed by atoms with Gasteiger partial charge in [0.2, 0.25) is 0 Å². The van der Waals surface area contributed by atoms with Gasteiger partial charge >= 0.3 is 11.9 Å². The van der Waals surface area contributed by atoms with Crippen LogP contribution < -0.4 is 0 Å². The highest BCUT2D eigenvalue weighted by Crippen LogP contribution is 2.22. The first-order valence-corrected chi connectivity index (χ1v) is 10.4. The van der Waals surface area contributed by atoms with E-state index in [-0.39, 0.29) is 11.9 Å². The van der Waals surface area contributed by atoms with Crippen LogP contribution in [0.5, 0.6) is 0 Å². The van der Waals surface area contributed by atoms with E-state index < -0.39 is 6.04 Å². The topological polar surface area (TPSA) is 59.2 Å². The van der Waals surface area contributed by atoms with Crippen LogP contribution in [0.3, 0.4) is 0 Å². The number of amidine groups is 2. The maximum absolute atomic E-state index is 12.9. The third-order valence-electron chi connectivity index (χ3n) is 6.14. The van der Waals surface area contributed by atoms with Crippen LogP contribution in [0, 0.1) is 5.92 Å². The van der Waals surface area contributed by atoms with Gasteiger partial charge in [-0.15, -0.1) is 0 Å². The average molecular weight is 397 g/mol. The molecule has 0 saturated carbocycles. The van der Waals surface area contributed by atoms with Crippen molar-refractivity contribution in [3.63, 3.8) is 0 Å². The fourth-order valence-corrected chi connectivity index (χ4v) is 4.32. The highest BCUT2D eigenvalue weighted by molar-refractivity contribution is 6.23. The Morgan fingerprint density at radius 1 is 1.14 bits per heavy atom. The molecule has 3 amide bonds. The molecule has 0 spiro atoms. The lowest BCUT2D eigenvalue weighted by molar-refractivity contribution is -0.537. The summed E-state index contributed by atoms with van der Waals surface area (Å²) < 4.78 is 2.12. The highest BCUT2D eigenvalue weighted by atomic mass is 16.2. The second kappa shape index (κ2) is 7.71. The maximum atomic E-state index is 12.9. The first kappa shape index (κ1) is 19.8. The lowest BCUT2D eigenvalue weighted by Gasteiger charge is -2.31. The molecule has 7 nitrogen and oxygen atoms in total. The molecule has 1 atom stereocenters. The fourth-order valence-electron chi connectivity index (χ4n) is 4.32. The Hall–Kier alpha value is -2.54. The number of fused-ring (bicyclic) bond motifs is 2. The van der Waals surface area contributed by atoms with Crippen LogP contribution in [0.4, 0.5) is 4.79 Å². The van der Waals surface area contributed by atoms with E-state index in [0.717, 1.165) is 38.3 Å². The number of nitrogens with zero attached hydrogens (tertiary/aromatic N) is 5. The number of benzene rings is 1. The van der Waals surface area contributed by atoms with Crippen molar-refractivity contribution >= 4 is 23.6 Å². The molecule has 0 aliphatic carbocycles. The Morgan fingerprint density at radius 2 is 1.86 bits per heavy atom. The summed E-state index contributed by atoms with van der Waals surface area (Å²) in [6.07, 6.45) is 2.00. The minimum Gasteiger partial charge on any atom is -0.287 e. The molecule has 7 heteroatoms. The molecule has 3 aliphatic rings. The van der Waals surface area contributed by atoms with Gasteiger partial charge in [0.15, 0.2) is 0 Å². The second-order valence-electron chi connectivity index (χ2n) is 8.63. The molecular weight excluding hydrogens is 366 g/mol. The zero-order valence-corrected chi connectivity index (χ0v) is 17.8. The Balaban J connectivity index is 1.62. The van der Waals surface area contributed by atoms with Crippen LogP contribution in [0.15, 0.2) is 29.3 Å². The first-order valence-electron chi connectivity index (χ1n) is 10.4. The standard InChI is InChI=1S/C22H30N5O2/c1-15(2)9-12-27-18(14-26-11-10-16-7-5-6-8-17(16)13-26)23-20-19(27)21(28)25(4)22(29)24(20)3/h5-8,15,19H,9-14H2,1-4H3/q+1. The molecule has 0 aromatic heterocycles. The van der Waals surface area contributed by atoms with Crippen LogP contribution in [-0.2, 0) is 17.8 Å². The normalized spacial score (nSPS) is 22.4. The van der Waals surface area contributed by atoms with E-state index in [1.807, 2.05) is 0 Å². The summed E-state index contributed by atoms with van der Waals surface area (Å²) in [6.45, 7) is 7.67. The second-order valence-corrected chi connectivity index (χ2v) is 8.63. The Kier molecular flexibility index (Phi) is 5.25. The van der Waals surface area contributed by atoms with Crippen molar-refractivity contribution in [3.05, 3.63) is 35.4 Å². The first-order chi connectivity index (χ1) is 13.9. The van der Waals surface area contributed by atoms with Crippen molar-refractivity contribution in [1.82, 2.24) is 14.7 Å². The smallest absolute Gasteiger partial charge is 0.287 e. The van der Waals surface area contributed by atoms with E-state index in [9.17, 15) is 9.59 Å². The Morgan fingerprint density at radius 3 is 2.59 bits per heavy atom. The molecule has 29 heavy (non-hydrogen) atoms. The van der Waals surface area contributed by atoms with Gasteiger partial charge in [-0.2, -0.15) is 0 Å². The Labute approximate surface area is 172 Å². The molecule has 1 saturated heterocycles. The monoisotopic (exact) mass is 396 g/mol. The summed E-state index contributed by atoms with van der Waals surface area (Å²) in [5.74, 6) is 1.80. The third-order valence-corrected chi connectivity index (χ3v) is 6.14. The number of urea groups is 1. The molecule has 1 aromatic rings. The third kappa shape index (κ3) is 3.59. The van der Waals surface area contributed by atoms with Gasteiger partial charge in [0.05, 0.1) is 6.54 Å². The maximum Gasteiger partial charge on any atom is 0.333 e. The molecule has 1 fully saturated rings. The number of hydrogen-bond acceptors (Lipinski definition) is 4. The molecule has 1 aromatic carbocycles. The van der Waals surface area contributed by atoms with Gasteiger partial charge in [0, 0.05) is 27.2 Å². The van der Waals surface area contributed by atoms with Gasteiger partial charge in [-0.3, -0.25) is 19.5 Å². The Bertz CT molecular complexity index is 904. The van der Waals surface area contributed by atoms with Crippen LogP contribution in [0.1, 0.15) is 31.4 Å². The van der Waals surface area contributed by atoms with E-state index >= 15 is 0 Å². The molecule has 0 N–H and O–H groups in total. The van der Waals surface area contributed by atoms with Crippen molar-refractivity contribution in [3.8, 4) is 0 Å². The zero-order valence-electron chi connectivity index (χ0n) is 17.8. The fraction of sp³-hybridized carbons (Fsp3) is 0.545. The molecule has 154 valence electrons. The van der Waals surface area contributed by atoms with Crippen molar-refractivity contribution in [2.24, 2.45) is 10.9 Å². The number of carbonyl (C=O) groups is 2. The molecule has 1 unspecified atom stereocenters. The van der Waals surface area contributed by atoms with Gasteiger partial charge in [-0.05, 0) is 34.9 Å². The summed E-state index contributed by atoms with van der Waals surface area (Å²) in [5.41, 5.74) is 2.78. The number of rotatable bonds is 5. The van der Waals surface area contributed by atoms with E-state index in [1.54, 1.807) is 14.1 Å². The van der Waals surface area contributed by atoms with Crippen molar-refractivity contribution in [2.75, 3.05) is 33.7 Å². The molecule has 4 rings (SSSR count). The van der Waals surface area contributed by atoms with Gasteiger partial charge < -0.3 is 0 Å². The number of aliphatic imine (C=N–C) groups is 1. The van der Waals surface area contributed by atoms with Crippen LogP contribution in [0.2, 0.25) is 0 Å². The molecule has 0 bridgehead atoms. The van der Waals surface area contributed by atoms with Gasteiger partial charge in [-0.1, -0.05) is 38.1 Å². The average Bonchev–Trinajstić information content (AvgIpc) is 3.07. The number of likely N-dealkylation sites (N-methyl/N-ethyl adjacent to an activating group) is 2. The van der Waals surface area contributed by atoms with Crippen molar-refractivity contribution < 1.29 is 14.2 Å². The van der Waals surface area contributed by atoms with E-state index in [1.165, 1.54) is 20.9 Å². The zero-order chi connectivity index (χ0) is 20.7. The van der Waals surface area contributed by atoms with E-state index in [2.05, 4.69) is 47.6 Å². The van der Waals surface area contributed by atoms with Crippen molar-refractivity contribution in [2.45, 2.75) is 39.3 Å². The van der Waals surface area contributed by atoms with Crippen molar-refractivity contribution in [1.29, 1.82) is 0 Å². The van der Waals surface area contributed by atoms with Crippen LogP contribution in [-0.4, -0.2) is 82.7 Å². The molecule has 0 radical (unpaired) electrons. The lowest BCUT2D eigenvalue weighted by Crippen LogP contribution is -2.61. The molecule has 3 heterocycles. The van der Waals surface area contributed by atoms with Gasteiger partial charge in [-0.25, -0.2) is 9.37 Å². The van der Waals surface area contributed by atoms with Gasteiger partial charge in [0.1, 0.15) is 6.54 Å². The summed E-state index contributed by atoms with van der Waals surface area (Å²) in [7, 11) is 3.26. The summed E-state index contributed by atoms with van der Waals surface area (Å²) in [6, 6.07) is 7.77. The predicted molar refractivity (Wildman–Crippen MR) is 112 cm³/mol. The lowest BCUT2D eigenvalue weighted by atomic mass is 10.00. The number of carbonyl (C=O) groups excluding carboxylic acids is 2. The highest BCUT2D eigenvalue weighted by Gasteiger charge is 2.52. The molecule has 3 aliphatic heterocycles. The SMILES string of the molecule is CC(C)CC[N+]1=C(CN2CCc3ccccc3C2)N=C2C1C(=O)N(C)C(=O)N2C. The summed E-state index contributed by atoms with van der Waals surface area (Å²) >= 11 is 0. The summed E-state index contributed by atoms with van der Waals surface area (Å²) in [5, 5.41) is 0. The minimum absolute atomic E-state index is 0.186. The number of imide groups is 1. The minimum atomic E-state index is -0.492. The van der Waals surface area contributed by atoms with Crippen LogP contribution in [0.25, 0.3) is 0 Å². The predicted octanol–water partition coefficient (Wildman–Crippen LogP) is 1.81. The van der Waals surface area contributed by atoms with E-state index in [0.29, 0.717) is 18.3 Å². The number of amides is 3. The quantitative estimate of drug-likeness (QED) is 0.713. The van der Waals surface area contributed by atoms with Gasteiger partial charge in [0.25, 0.3) is 17.8 Å². The number of hydrogen-bond donors (Lipinski definition) is 0. The largest absolute Gasteiger partial charge is 0.333 e. The summed E-state index contributed by atoms with van der Waals surface area (Å²) in [4.78, 5) is 35.3.